The van der Waals surface area contributed by atoms with Crippen LogP contribution < -0.4 is 15.3 Å². The average Bonchev–Trinajstić information content (AvgIpc) is 2.80. The van der Waals surface area contributed by atoms with Crippen LogP contribution in [0.5, 0.6) is 5.75 Å². The number of amides is 1. The van der Waals surface area contributed by atoms with Crippen molar-refractivity contribution in [3.63, 3.8) is 0 Å². The fraction of sp³-hybridized carbons (Fsp3) is 0.125. The van der Waals surface area contributed by atoms with Crippen LogP contribution in [0.25, 0.3) is 17.1 Å². The lowest BCUT2D eigenvalue weighted by atomic mass is 10.0. The molecule has 3 aliphatic heterocycles. The summed E-state index contributed by atoms with van der Waals surface area (Å²) in [6.45, 7) is 0.718. The molecule has 1 unspecified atom stereocenters. The molecule has 4 heterocycles. The second-order valence-electron chi connectivity index (χ2n) is 7.21. The number of para-hydroxylation sites is 1. The highest BCUT2D eigenvalue weighted by Crippen LogP contribution is 2.26. The fourth-order valence-corrected chi connectivity index (χ4v) is 3.53. The number of ether oxygens (including phenoxy) is 1. The van der Waals surface area contributed by atoms with Gasteiger partial charge in [-0.15, -0.1) is 0 Å². The number of aromatic nitrogens is 2. The van der Waals surface area contributed by atoms with E-state index >= 15 is 0 Å². The van der Waals surface area contributed by atoms with E-state index < -0.39 is 0 Å². The Bertz CT molecular complexity index is 1360. The summed E-state index contributed by atoms with van der Waals surface area (Å²) >= 11 is 0. The van der Waals surface area contributed by atoms with Gasteiger partial charge in [-0.1, -0.05) is 24.3 Å². The van der Waals surface area contributed by atoms with Crippen LogP contribution in [0, 0.1) is 5.92 Å². The largest absolute Gasteiger partial charge is 0.465 e. The van der Waals surface area contributed by atoms with E-state index in [-0.39, 0.29) is 11.8 Å². The predicted octanol–water partition coefficient (Wildman–Crippen LogP) is 2.66. The molecule has 0 aliphatic carbocycles. The molecule has 0 N–H and O–H groups in total. The van der Waals surface area contributed by atoms with Crippen molar-refractivity contribution < 1.29 is 9.53 Å². The lowest BCUT2D eigenvalue weighted by Crippen LogP contribution is -2.30. The van der Waals surface area contributed by atoms with Gasteiger partial charge in [0.05, 0.1) is 23.1 Å². The zero-order valence-electron chi connectivity index (χ0n) is 16.6. The van der Waals surface area contributed by atoms with Gasteiger partial charge in [0.2, 0.25) is 0 Å². The summed E-state index contributed by atoms with van der Waals surface area (Å²) in [5.41, 5.74) is 0.776. The van der Waals surface area contributed by atoms with Crippen LogP contribution in [0.3, 0.4) is 0 Å². The van der Waals surface area contributed by atoms with Crippen molar-refractivity contribution in [1.82, 2.24) is 14.9 Å². The third-order valence-electron chi connectivity index (χ3n) is 5.15. The number of hydrogen-bond donors (Lipinski definition) is 0. The first-order valence-corrected chi connectivity index (χ1v) is 10.0. The Kier molecular flexibility index (Phi) is 5.06. The number of fused-ring (bicyclic) bond motifs is 4. The van der Waals surface area contributed by atoms with Gasteiger partial charge in [-0.05, 0) is 36.8 Å². The number of allylic oxidation sites excluding steroid dienone is 1. The topological polar surface area (TPSA) is 80.0 Å². The number of aliphatic imine (C=N–C) groups is 1. The molecule has 152 valence electrons. The van der Waals surface area contributed by atoms with Crippen LogP contribution in [-0.4, -0.2) is 33.5 Å². The summed E-state index contributed by atoms with van der Waals surface area (Å²) in [6, 6.07) is 13.4. The van der Waals surface area contributed by atoms with Crippen LogP contribution in [0.2, 0.25) is 0 Å². The molecule has 0 saturated carbocycles. The minimum Gasteiger partial charge on any atom is -0.465 e. The van der Waals surface area contributed by atoms with E-state index in [1.54, 1.807) is 6.08 Å². The van der Waals surface area contributed by atoms with Crippen LogP contribution >= 0.6 is 0 Å². The Morgan fingerprint density at radius 1 is 1.10 bits per heavy atom. The van der Waals surface area contributed by atoms with Gasteiger partial charge in [0.15, 0.2) is 5.82 Å². The van der Waals surface area contributed by atoms with E-state index in [1.807, 2.05) is 60.9 Å². The van der Waals surface area contributed by atoms with Crippen LogP contribution in [0.1, 0.15) is 6.42 Å². The third kappa shape index (κ3) is 4.11. The van der Waals surface area contributed by atoms with E-state index in [2.05, 4.69) is 19.9 Å². The van der Waals surface area contributed by atoms with E-state index in [1.165, 1.54) is 18.8 Å². The van der Waals surface area contributed by atoms with Crippen molar-refractivity contribution in [3.8, 4) is 5.75 Å². The van der Waals surface area contributed by atoms with Gasteiger partial charge in [0, 0.05) is 35.8 Å². The van der Waals surface area contributed by atoms with E-state index in [4.69, 9.17) is 9.73 Å². The highest BCUT2D eigenvalue weighted by atomic mass is 16.5. The van der Waals surface area contributed by atoms with Crippen molar-refractivity contribution in [2.45, 2.75) is 6.42 Å². The molecule has 1 aromatic heterocycles. The molecule has 7 nitrogen and oxygen atoms in total. The highest BCUT2D eigenvalue weighted by Gasteiger charge is 2.18. The molecule has 3 aliphatic rings. The van der Waals surface area contributed by atoms with Crippen molar-refractivity contribution in [2.75, 3.05) is 6.54 Å². The number of carbonyl (C=O) groups is 1. The molecule has 0 radical (unpaired) electrons. The molecular weight excluding hydrogens is 390 g/mol. The quantitative estimate of drug-likeness (QED) is 0.570. The molecule has 0 fully saturated rings. The second-order valence-corrected chi connectivity index (χ2v) is 7.21. The summed E-state index contributed by atoms with van der Waals surface area (Å²) in [5, 5.41) is 2.54. The molecular formula is C24H19N5O2. The molecule has 3 aromatic rings. The van der Waals surface area contributed by atoms with Gasteiger partial charge in [-0.2, -0.15) is 0 Å². The first-order valence-electron chi connectivity index (χ1n) is 10.0. The monoisotopic (exact) mass is 409 g/mol. The SMILES string of the molecule is O=C1/N=C\C=C/Oc2ccc3ncnc(c3c2)/N=c2/cccc/c2=C/N2C=CC1CC2. The zero-order valence-corrected chi connectivity index (χ0v) is 16.6. The van der Waals surface area contributed by atoms with Gasteiger partial charge in [-0.3, -0.25) is 4.79 Å². The van der Waals surface area contributed by atoms with Crippen LogP contribution in [-0.2, 0) is 4.79 Å². The first-order chi connectivity index (χ1) is 15.3. The first kappa shape index (κ1) is 18.9. The van der Waals surface area contributed by atoms with Gasteiger partial charge >= 0.3 is 0 Å². The summed E-state index contributed by atoms with van der Waals surface area (Å²) in [4.78, 5) is 32.0. The smallest absolute Gasteiger partial charge is 0.252 e. The minimum absolute atomic E-state index is 0.162. The van der Waals surface area contributed by atoms with Crippen LogP contribution in [0.15, 0.2) is 83.4 Å². The minimum atomic E-state index is -0.222. The van der Waals surface area contributed by atoms with Gasteiger partial charge in [0.1, 0.15) is 12.1 Å². The lowest BCUT2D eigenvalue weighted by molar-refractivity contribution is -0.120. The number of hydrogen-bond acceptors (Lipinski definition) is 6. The molecule has 0 spiro atoms. The van der Waals surface area contributed by atoms with Crippen molar-refractivity contribution >= 4 is 35.0 Å². The molecule has 7 heteroatoms. The average molecular weight is 409 g/mol. The van der Waals surface area contributed by atoms with Crippen molar-refractivity contribution in [3.05, 3.63) is 84.0 Å². The second kappa shape index (κ2) is 8.31. The Hall–Kier alpha value is -4.13. The zero-order chi connectivity index (χ0) is 21.0. The van der Waals surface area contributed by atoms with Crippen LogP contribution in [0.4, 0.5) is 5.82 Å². The fourth-order valence-electron chi connectivity index (χ4n) is 3.53. The van der Waals surface area contributed by atoms with Gasteiger partial charge < -0.3 is 9.64 Å². The normalized spacial score (nSPS) is 22.4. The lowest BCUT2D eigenvalue weighted by Gasteiger charge is -2.23. The van der Waals surface area contributed by atoms with E-state index in [9.17, 15) is 4.79 Å². The summed E-state index contributed by atoms with van der Waals surface area (Å²) < 4.78 is 5.67. The number of benzene rings is 2. The van der Waals surface area contributed by atoms with E-state index in [0.717, 1.165) is 28.0 Å². The third-order valence-corrected chi connectivity index (χ3v) is 5.15. The molecule has 6 rings (SSSR count). The highest BCUT2D eigenvalue weighted by molar-refractivity contribution is 5.91. The predicted molar refractivity (Wildman–Crippen MR) is 118 cm³/mol. The number of nitrogens with zero attached hydrogens (tertiary/aromatic N) is 5. The Morgan fingerprint density at radius 3 is 2.94 bits per heavy atom. The maximum absolute atomic E-state index is 12.3. The maximum atomic E-state index is 12.3. The van der Waals surface area contributed by atoms with Gasteiger partial charge in [0.25, 0.3) is 5.91 Å². The number of rotatable bonds is 0. The number of carbonyl (C=O) groups excluding carboxylic acids is 1. The molecule has 31 heavy (non-hydrogen) atoms. The van der Waals surface area contributed by atoms with E-state index in [0.29, 0.717) is 18.0 Å². The summed E-state index contributed by atoms with van der Waals surface area (Å²) in [5.74, 6) is 0.802. The summed E-state index contributed by atoms with van der Waals surface area (Å²) in [6.07, 6.45) is 12.6. The Labute approximate surface area is 178 Å². The molecule has 1 atom stereocenters. The Morgan fingerprint density at radius 2 is 2.03 bits per heavy atom. The van der Waals surface area contributed by atoms with Crippen molar-refractivity contribution in [1.29, 1.82) is 0 Å². The molecule has 1 amide bonds. The molecule has 0 saturated heterocycles. The van der Waals surface area contributed by atoms with Gasteiger partial charge in [-0.25, -0.2) is 20.0 Å². The standard InChI is InChI=1S/C24H19N5O2/c30-24-17-8-11-29(12-9-17)15-18-4-1-2-5-21(18)28-23-20-14-19(31-13-3-10-25-24)6-7-22(20)26-16-27-23/h1-8,10-11,13-17H,9,12H2/b13-3-,18-15-,25-10-,28-21-. The maximum Gasteiger partial charge on any atom is 0.252 e. The molecule has 2 aromatic carbocycles. The summed E-state index contributed by atoms with van der Waals surface area (Å²) in [7, 11) is 0. The molecule has 4 bridgehead atoms. The Balaban J connectivity index is 1.70. The van der Waals surface area contributed by atoms with Crippen molar-refractivity contribution in [2.24, 2.45) is 15.9 Å².